The van der Waals surface area contributed by atoms with E-state index in [0.717, 1.165) is 24.1 Å². The van der Waals surface area contributed by atoms with Crippen molar-refractivity contribution in [2.24, 2.45) is 0 Å². The highest BCUT2D eigenvalue weighted by Crippen LogP contribution is 2.36. The van der Waals surface area contributed by atoms with E-state index in [0.29, 0.717) is 12.2 Å². The smallest absolute Gasteiger partial charge is 0.252 e. The van der Waals surface area contributed by atoms with Gasteiger partial charge in [0.05, 0.1) is 0 Å². The predicted octanol–water partition coefficient (Wildman–Crippen LogP) is 0.644. The second-order valence-electron chi connectivity index (χ2n) is 7.05. The molecule has 3 rings (SSSR count). The van der Waals surface area contributed by atoms with Crippen LogP contribution in [0.2, 0.25) is 0 Å². The molecule has 0 radical (unpaired) electrons. The first-order chi connectivity index (χ1) is 12.3. The number of nitrogens with zero attached hydrogens (tertiary/aromatic N) is 2. The maximum absolute atomic E-state index is 13.2. The number of ether oxygens (including phenoxy) is 1. The Balaban J connectivity index is 1.81. The highest BCUT2D eigenvalue weighted by Gasteiger charge is 2.36. The maximum Gasteiger partial charge on any atom is 0.252 e. The molecule has 8 heteroatoms. The lowest BCUT2D eigenvalue weighted by molar-refractivity contribution is -0.122. The van der Waals surface area contributed by atoms with Gasteiger partial charge >= 0.3 is 0 Å². The number of carbonyl (C=O) groups excluding carboxylic acids is 2. The molecule has 0 spiro atoms. The van der Waals surface area contributed by atoms with E-state index in [-0.39, 0.29) is 37.2 Å². The summed E-state index contributed by atoms with van der Waals surface area (Å²) in [6.07, 6.45) is 1.23. The fourth-order valence-electron chi connectivity index (χ4n) is 3.67. The molecule has 1 fully saturated rings. The molecule has 3 atom stereocenters. The van der Waals surface area contributed by atoms with E-state index in [4.69, 9.17) is 4.74 Å². The second-order valence-corrected chi connectivity index (χ2v) is 7.05. The third kappa shape index (κ3) is 3.59. The number of carbonyl (C=O) groups is 2. The molecule has 1 saturated heterocycles. The Morgan fingerprint density at radius 1 is 1.46 bits per heavy atom. The Bertz CT molecular complexity index is 710. The Morgan fingerprint density at radius 3 is 2.92 bits per heavy atom. The molecule has 8 nitrogen and oxygen atoms in total. The maximum atomic E-state index is 13.2. The van der Waals surface area contributed by atoms with Crippen molar-refractivity contribution in [3.63, 3.8) is 0 Å². The third-order valence-electron chi connectivity index (χ3n) is 5.07. The van der Waals surface area contributed by atoms with Gasteiger partial charge < -0.3 is 29.9 Å². The van der Waals surface area contributed by atoms with Crippen LogP contribution in [0.1, 0.15) is 25.8 Å². The molecule has 26 heavy (non-hydrogen) atoms. The van der Waals surface area contributed by atoms with E-state index in [2.05, 4.69) is 5.32 Å². The number of hydrogen-bond acceptors (Lipinski definition) is 5. The normalized spacial score (nSPS) is 27.9. The first kappa shape index (κ1) is 18.8. The Labute approximate surface area is 152 Å². The zero-order valence-electron chi connectivity index (χ0n) is 15.1. The van der Waals surface area contributed by atoms with Crippen LogP contribution in [0.4, 0.5) is 11.4 Å². The van der Waals surface area contributed by atoms with Crippen LogP contribution in [0.15, 0.2) is 18.2 Å². The number of aryl methyl sites for hydroxylation is 1. The van der Waals surface area contributed by atoms with E-state index in [1.165, 1.54) is 6.92 Å². The van der Waals surface area contributed by atoms with Crippen LogP contribution in [-0.2, 0) is 20.7 Å². The fraction of sp³-hybridized carbons (Fsp3) is 0.556. The van der Waals surface area contributed by atoms with Crippen molar-refractivity contribution >= 4 is 23.2 Å². The molecule has 2 aliphatic heterocycles. The SMILES string of the molecule is CC(=O)NC[C@H]1C[N+]([O-])(c2ccc3c(c2)CC[C@@H](C)N3C(=O)CO)CO1. The lowest BCUT2D eigenvalue weighted by atomic mass is 9.95. The van der Waals surface area contributed by atoms with E-state index < -0.39 is 11.3 Å². The number of rotatable bonds is 4. The molecule has 1 aromatic rings. The zero-order valence-corrected chi connectivity index (χ0v) is 15.1. The van der Waals surface area contributed by atoms with Crippen molar-refractivity contribution in [1.82, 2.24) is 9.96 Å². The highest BCUT2D eigenvalue weighted by atomic mass is 16.6. The van der Waals surface area contributed by atoms with Gasteiger partial charge in [-0.3, -0.25) is 9.59 Å². The molecule has 0 saturated carbocycles. The monoisotopic (exact) mass is 363 g/mol. The van der Waals surface area contributed by atoms with Gasteiger partial charge in [-0.2, -0.15) is 0 Å². The largest absolute Gasteiger partial charge is 0.626 e. The van der Waals surface area contributed by atoms with Crippen molar-refractivity contribution in [2.75, 3.05) is 31.3 Å². The number of hydroxylamine groups is 2. The van der Waals surface area contributed by atoms with Crippen LogP contribution < -0.4 is 14.9 Å². The van der Waals surface area contributed by atoms with Crippen LogP contribution in [0, 0.1) is 5.21 Å². The summed E-state index contributed by atoms with van der Waals surface area (Å²) < 4.78 is 4.95. The van der Waals surface area contributed by atoms with Crippen LogP contribution in [0.5, 0.6) is 0 Å². The first-order valence-corrected chi connectivity index (χ1v) is 8.84. The molecular weight excluding hydrogens is 338 g/mol. The minimum absolute atomic E-state index is 0.00126. The lowest BCUT2D eigenvalue weighted by Gasteiger charge is -2.39. The van der Waals surface area contributed by atoms with Crippen LogP contribution in [0.25, 0.3) is 0 Å². The summed E-state index contributed by atoms with van der Waals surface area (Å²) in [5.41, 5.74) is 2.27. The van der Waals surface area contributed by atoms with Crippen molar-refractivity contribution < 1.29 is 19.4 Å². The summed E-state index contributed by atoms with van der Waals surface area (Å²) in [6.45, 7) is 3.39. The number of anilines is 1. The molecule has 2 aliphatic rings. The predicted molar refractivity (Wildman–Crippen MR) is 97.2 cm³/mol. The molecule has 2 N–H and O–H groups in total. The summed E-state index contributed by atoms with van der Waals surface area (Å²) in [5, 5.41) is 25.1. The van der Waals surface area contributed by atoms with Crippen molar-refractivity contribution in [3.8, 4) is 0 Å². The number of benzene rings is 1. The number of fused-ring (bicyclic) bond motifs is 1. The average Bonchev–Trinajstić information content (AvgIpc) is 3.01. The van der Waals surface area contributed by atoms with Crippen molar-refractivity contribution in [2.45, 2.75) is 38.8 Å². The van der Waals surface area contributed by atoms with E-state index >= 15 is 0 Å². The summed E-state index contributed by atoms with van der Waals surface area (Å²) in [6, 6.07) is 5.37. The van der Waals surface area contributed by atoms with Gasteiger partial charge in [-0.25, -0.2) is 0 Å². The zero-order chi connectivity index (χ0) is 18.9. The van der Waals surface area contributed by atoms with Gasteiger partial charge in [0.25, 0.3) is 5.91 Å². The van der Waals surface area contributed by atoms with Gasteiger partial charge in [0, 0.05) is 37.3 Å². The van der Waals surface area contributed by atoms with Gasteiger partial charge in [0.1, 0.15) is 24.9 Å². The fourth-order valence-corrected chi connectivity index (χ4v) is 3.67. The van der Waals surface area contributed by atoms with E-state index in [1.54, 1.807) is 17.0 Å². The Kier molecular flexibility index (Phi) is 5.29. The van der Waals surface area contributed by atoms with Gasteiger partial charge in [-0.15, -0.1) is 0 Å². The number of aliphatic hydroxyl groups excluding tert-OH is 1. The van der Waals surface area contributed by atoms with Gasteiger partial charge in [-0.1, -0.05) is 0 Å². The number of aliphatic hydroxyl groups is 1. The molecular formula is C18H25N3O5. The highest BCUT2D eigenvalue weighted by molar-refractivity contribution is 5.96. The number of quaternary nitrogens is 1. The quantitative estimate of drug-likeness (QED) is 0.604. The molecule has 2 heterocycles. The van der Waals surface area contributed by atoms with Crippen molar-refractivity contribution in [1.29, 1.82) is 0 Å². The van der Waals surface area contributed by atoms with Gasteiger partial charge in [0.15, 0.2) is 6.73 Å². The molecule has 0 aromatic heterocycles. The van der Waals surface area contributed by atoms with Crippen molar-refractivity contribution in [3.05, 3.63) is 29.0 Å². The molecule has 0 bridgehead atoms. The molecule has 1 aromatic carbocycles. The molecule has 1 unspecified atom stereocenters. The number of hydrogen-bond donors (Lipinski definition) is 2. The van der Waals surface area contributed by atoms with E-state index in [1.807, 2.05) is 13.0 Å². The summed E-state index contributed by atoms with van der Waals surface area (Å²) >= 11 is 0. The van der Waals surface area contributed by atoms with Gasteiger partial charge in [0.2, 0.25) is 5.91 Å². The van der Waals surface area contributed by atoms with Crippen LogP contribution >= 0.6 is 0 Å². The second kappa shape index (κ2) is 7.32. The average molecular weight is 363 g/mol. The number of amides is 2. The van der Waals surface area contributed by atoms with Crippen LogP contribution in [0.3, 0.4) is 0 Å². The molecule has 142 valence electrons. The van der Waals surface area contributed by atoms with Crippen LogP contribution in [-0.4, -0.2) is 55.5 Å². The number of nitrogens with one attached hydrogen (secondary N) is 1. The van der Waals surface area contributed by atoms with E-state index in [9.17, 15) is 19.9 Å². The molecule has 0 aliphatic carbocycles. The third-order valence-corrected chi connectivity index (χ3v) is 5.07. The summed E-state index contributed by atoms with van der Waals surface area (Å²) in [4.78, 5) is 24.7. The minimum Gasteiger partial charge on any atom is -0.626 e. The summed E-state index contributed by atoms with van der Waals surface area (Å²) in [7, 11) is 0. The Morgan fingerprint density at radius 2 is 2.23 bits per heavy atom. The standard InChI is InChI=1S/C18H25N3O5/c1-12-3-4-14-7-15(5-6-17(14)20(12)18(24)10-22)21(25)9-16(26-11-21)8-19-13(2)23/h5-7,12,16,22H,3-4,8-11H2,1-2H3,(H,19,23)/t12-,16+,21?/m1/s1. The lowest BCUT2D eigenvalue weighted by Crippen LogP contribution is -2.45. The summed E-state index contributed by atoms with van der Waals surface area (Å²) in [5.74, 6) is -0.488. The molecule has 2 amide bonds. The topological polar surface area (TPSA) is 102 Å². The first-order valence-electron chi connectivity index (χ1n) is 8.84. The Hall–Kier alpha value is -2.00. The minimum atomic E-state index is -0.610. The van der Waals surface area contributed by atoms with Gasteiger partial charge in [-0.05, 0) is 31.4 Å².